The van der Waals surface area contributed by atoms with Gasteiger partial charge in [0.05, 0.1) is 44.6 Å². The van der Waals surface area contributed by atoms with Crippen LogP contribution < -0.4 is 9.47 Å². The van der Waals surface area contributed by atoms with Gasteiger partial charge < -0.3 is 29.0 Å². The van der Waals surface area contributed by atoms with E-state index in [1.165, 1.54) is 30.6 Å². The van der Waals surface area contributed by atoms with Gasteiger partial charge in [-0.25, -0.2) is 9.59 Å². The summed E-state index contributed by atoms with van der Waals surface area (Å²) in [7, 11) is 1.63. The number of aliphatic carboxylic acids is 1. The summed E-state index contributed by atoms with van der Waals surface area (Å²) in [6.45, 7) is 5.88. The third kappa shape index (κ3) is 8.16. The van der Waals surface area contributed by atoms with Crippen LogP contribution in [-0.2, 0) is 25.7 Å². The van der Waals surface area contributed by atoms with Crippen molar-refractivity contribution in [2.24, 2.45) is 0 Å². The summed E-state index contributed by atoms with van der Waals surface area (Å²) in [6.07, 6.45) is 0.0231. The number of alkyl halides is 3. The van der Waals surface area contributed by atoms with Crippen molar-refractivity contribution in [3.8, 4) is 11.5 Å². The number of ether oxygens (including phenoxy) is 4. The molecule has 2 bridgehead atoms. The normalized spacial score (nSPS) is 18.5. The first-order chi connectivity index (χ1) is 21.2. The van der Waals surface area contributed by atoms with Crippen molar-refractivity contribution in [2.45, 2.75) is 61.7 Å². The second kappa shape index (κ2) is 14.5. The second-order valence-corrected chi connectivity index (χ2v) is 13.7. The van der Waals surface area contributed by atoms with E-state index in [2.05, 4.69) is 0 Å². The molecule has 2 atom stereocenters. The Morgan fingerprint density at radius 2 is 1.69 bits per heavy atom. The fraction of sp³-hybridized carbons (Fsp3) is 0.469. The molecule has 0 aromatic heterocycles. The molecule has 2 aromatic carbocycles. The maximum atomic E-state index is 13.5. The number of benzene rings is 2. The van der Waals surface area contributed by atoms with Crippen molar-refractivity contribution >= 4 is 58.3 Å². The van der Waals surface area contributed by atoms with Gasteiger partial charge in [-0.1, -0.05) is 65.1 Å². The van der Waals surface area contributed by atoms with Gasteiger partial charge in [0, 0.05) is 32.0 Å². The summed E-state index contributed by atoms with van der Waals surface area (Å²) in [5.41, 5.74) is 0.719. The number of carbonyl (C=O) groups excluding carboxylic acids is 2. The molecule has 1 saturated heterocycles. The first-order valence-electron chi connectivity index (χ1n) is 14.5. The van der Waals surface area contributed by atoms with E-state index in [-0.39, 0.29) is 31.0 Å². The monoisotopic (exact) mass is 682 g/mol. The molecule has 2 aliphatic rings. The number of halogens is 3. The van der Waals surface area contributed by atoms with E-state index in [9.17, 15) is 19.5 Å². The van der Waals surface area contributed by atoms with E-state index in [0.717, 1.165) is 11.3 Å². The minimum Gasteiger partial charge on any atom is -0.496 e. The van der Waals surface area contributed by atoms with Crippen molar-refractivity contribution in [1.82, 2.24) is 9.80 Å². The number of hydrogen-bond acceptors (Lipinski definition) is 7. The highest BCUT2D eigenvalue weighted by atomic mass is 35.6. The fourth-order valence-corrected chi connectivity index (χ4v) is 5.54. The number of piperazine rings is 1. The molecule has 13 heteroatoms. The molecule has 2 heterocycles. The third-order valence-corrected chi connectivity index (χ3v) is 9.28. The van der Waals surface area contributed by atoms with E-state index < -0.39 is 33.5 Å². The smallest absolute Gasteiger partial charge is 0.411 e. The highest BCUT2D eigenvalue weighted by molar-refractivity contribution is 6.68. The third-order valence-electron chi connectivity index (χ3n) is 7.92. The Bertz CT molecular complexity index is 1420. The maximum Gasteiger partial charge on any atom is 0.411 e. The molecular formula is C32H37Cl3N2O8. The Labute approximate surface area is 277 Å². The van der Waals surface area contributed by atoms with Crippen molar-refractivity contribution in [2.75, 3.05) is 33.4 Å². The summed E-state index contributed by atoms with van der Waals surface area (Å²) in [5.74, 6) is -0.0199. The Balaban J connectivity index is 1.46. The second-order valence-electron chi connectivity index (χ2n) is 11.4. The number of hydrogen-bond donors (Lipinski definition) is 1. The lowest BCUT2D eigenvalue weighted by Crippen LogP contribution is -2.65. The van der Waals surface area contributed by atoms with Crippen molar-refractivity contribution in [1.29, 1.82) is 0 Å². The summed E-state index contributed by atoms with van der Waals surface area (Å²) < 4.78 is 20.6. The number of amides is 2. The summed E-state index contributed by atoms with van der Waals surface area (Å²) >= 11 is 18.1. The van der Waals surface area contributed by atoms with E-state index in [4.69, 9.17) is 53.8 Å². The van der Waals surface area contributed by atoms with Crippen LogP contribution in [0.5, 0.6) is 11.5 Å². The molecule has 0 radical (unpaired) electrons. The zero-order chi connectivity index (χ0) is 32.9. The topological polar surface area (TPSA) is 115 Å². The molecule has 1 N–H and O–H groups in total. The molecular weight excluding hydrogens is 647 g/mol. The fourth-order valence-electron chi connectivity index (χ4n) is 5.42. The maximum absolute atomic E-state index is 13.5. The van der Waals surface area contributed by atoms with Gasteiger partial charge >= 0.3 is 12.1 Å². The van der Waals surface area contributed by atoms with Gasteiger partial charge in [-0.05, 0) is 49.6 Å². The lowest BCUT2D eigenvalue weighted by atomic mass is 9.82. The number of methoxy groups -OCH3 is 1. The first kappa shape index (κ1) is 34.7. The zero-order valence-corrected chi connectivity index (χ0v) is 27.8. The van der Waals surface area contributed by atoms with E-state index in [0.29, 0.717) is 43.1 Å². The van der Waals surface area contributed by atoms with Gasteiger partial charge in [-0.2, -0.15) is 0 Å². The van der Waals surface area contributed by atoms with Crippen LogP contribution in [0.3, 0.4) is 0 Å². The van der Waals surface area contributed by atoms with Crippen molar-refractivity contribution < 1.29 is 38.4 Å². The molecule has 0 unspecified atom stereocenters. The molecule has 0 spiro atoms. The van der Waals surface area contributed by atoms with Gasteiger partial charge in [-0.3, -0.25) is 9.69 Å². The summed E-state index contributed by atoms with van der Waals surface area (Å²) in [4.78, 5) is 41.4. The number of carbonyl (C=O) groups is 3. The largest absolute Gasteiger partial charge is 0.496 e. The predicted molar refractivity (Wildman–Crippen MR) is 171 cm³/mol. The number of para-hydroxylation sites is 1. The van der Waals surface area contributed by atoms with Crippen molar-refractivity contribution in [3.63, 3.8) is 0 Å². The van der Waals surface area contributed by atoms with Crippen LogP contribution >= 0.6 is 34.8 Å². The van der Waals surface area contributed by atoms with Gasteiger partial charge in [-0.15, -0.1) is 0 Å². The van der Waals surface area contributed by atoms with Crippen molar-refractivity contribution in [3.05, 3.63) is 65.2 Å². The molecule has 244 valence electrons. The van der Waals surface area contributed by atoms with Gasteiger partial charge in [0.2, 0.25) is 9.70 Å². The Kier molecular flexibility index (Phi) is 11.2. The molecule has 0 aliphatic carbocycles. The van der Waals surface area contributed by atoms with Gasteiger partial charge in [0.1, 0.15) is 11.5 Å². The zero-order valence-electron chi connectivity index (χ0n) is 25.6. The van der Waals surface area contributed by atoms with E-state index >= 15 is 0 Å². The van der Waals surface area contributed by atoms with E-state index in [1.54, 1.807) is 31.4 Å². The predicted octanol–water partition coefficient (Wildman–Crippen LogP) is 6.11. The summed E-state index contributed by atoms with van der Waals surface area (Å²) in [6, 6.07) is 13.3. The lowest BCUT2D eigenvalue weighted by Gasteiger charge is -2.50. The van der Waals surface area contributed by atoms with Crippen LogP contribution in [0, 0.1) is 0 Å². The van der Waals surface area contributed by atoms with Crippen LogP contribution in [-0.4, -0.2) is 87.8 Å². The summed E-state index contributed by atoms with van der Waals surface area (Å²) in [5, 5.41) is 10.4. The number of rotatable bonds is 11. The number of carboxylic acids is 1. The van der Waals surface area contributed by atoms with Gasteiger partial charge in [0.15, 0.2) is 5.60 Å². The van der Waals surface area contributed by atoms with Crippen LogP contribution in [0.2, 0.25) is 0 Å². The minimum atomic E-state index is -1.93. The number of fused-ring (bicyclic) bond motifs is 2. The van der Waals surface area contributed by atoms with E-state index in [1.807, 2.05) is 24.3 Å². The SMILES string of the molecule is COc1ccccc1COCCCOc1ccc(C2=C(C(=O)O)[C@H]3CN(C(C)=O)C[C@@H](C2)N3C(=O)OC(C)(C)C(Cl)(Cl)Cl)cc1. The highest BCUT2D eigenvalue weighted by Gasteiger charge is 2.51. The lowest BCUT2D eigenvalue weighted by molar-refractivity contribution is -0.137. The van der Waals surface area contributed by atoms with Crippen LogP contribution in [0.25, 0.3) is 5.57 Å². The van der Waals surface area contributed by atoms with Crippen LogP contribution in [0.4, 0.5) is 4.79 Å². The molecule has 2 aliphatic heterocycles. The standard InChI is InChI=1S/C32H37Cl3N2O8/c1-20(38)36-17-23-16-25(28(29(39)40)26(18-36)37(23)30(41)45-31(2,3)32(33,34)35)21-10-12-24(13-11-21)44-15-7-14-43-19-22-8-5-6-9-27(22)42-4/h5-6,8-13,23,26H,7,14-19H2,1-4H3,(H,39,40)/t23-,26-/m1/s1. The minimum absolute atomic E-state index is 0.00158. The molecule has 4 rings (SSSR count). The Morgan fingerprint density at radius 3 is 2.31 bits per heavy atom. The molecule has 10 nitrogen and oxygen atoms in total. The van der Waals surface area contributed by atoms with Crippen LogP contribution in [0.1, 0.15) is 44.7 Å². The van der Waals surface area contributed by atoms with Gasteiger partial charge in [0.25, 0.3) is 0 Å². The molecule has 2 aromatic rings. The van der Waals surface area contributed by atoms with Crippen LogP contribution in [0.15, 0.2) is 54.1 Å². The quantitative estimate of drug-likeness (QED) is 0.223. The molecule has 1 fully saturated rings. The highest BCUT2D eigenvalue weighted by Crippen LogP contribution is 2.43. The number of carboxylic acid groups (broad SMARTS) is 1. The molecule has 45 heavy (non-hydrogen) atoms. The molecule has 2 amide bonds. The molecule has 0 saturated carbocycles. The Hall–Kier alpha value is -3.18. The first-order valence-corrected chi connectivity index (χ1v) is 15.6. The Morgan fingerprint density at radius 1 is 1.00 bits per heavy atom. The number of nitrogens with zero attached hydrogens (tertiary/aromatic N) is 2. The average Bonchev–Trinajstić information content (AvgIpc) is 2.97. The average molecular weight is 684 g/mol.